The third kappa shape index (κ3) is 4.21. The molecule has 2 bridgehead atoms. The molecule has 3 aromatic heterocycles. The van der Waals surface area contributed by atoms with Gasteiger partial charge in [0.05, 0.1) is 37.2 Å². The Labute approximate surface area is 184 Å². The van der Waals surface area contributed by atoms with Crippen molar-refractivity contribution in [3.8, 4) is 5.75 Å². The molecule has 2 aliphatic rings. The molecule has 2 atom stereocenters. The van der Waals surface area contributed by atoms with Crippen molar-refractivity contribution in [3.05, 3.63) is 52.9 Å². The van der Waals surface area contributed by atoms with Gasteiger partial charge in [0.15, 0.2) is 11.4 Å². The first kappa shape index (κ1) is 20.6. The van der Waals surface area contributed by atoms with Crippen molar-refractivity contribution in [2.75, 3.05) is 19.7 Å². The molecule has 32 heavy (non-hydrogen) atoms. The molecule has 11 nitrogen and oxygen atoms in total. The summed E-state index contributed by atoms with van der Waals surface area (Å²) in [6.07, 6.45) is 3.21. The van der Waals surface area contributed by atoms with Crippen molar-refractivity contribution in [2.45, 2.75) is 45.7 Å². The predicted octanol–water partition coefficient (Wildman–Crippen LogP) is 0.870. The molecule has 5 rings (SSSR count). The Morgan fingerprint density at radius 2 is 2.19 bits per heavy atom. The van der Waals surface area contributed by atoms with E-state index in [1.807, 2.05) is 20.0 Å². The number of carbonyl (C=O) groups excluding carboxylic acids is 1. The normalized spacial score (nSPS) is 21.9. The van der Waals surface area contributed by atoms with Gasteiger partial charge in [-0.15, -0.1) is 5.10 Å². The van der Waals surface area contributed by atoms with Crippen LogP contribution in [-0.2, 0) is 24.4 Å². The van der Waals surface area contributed by atoms with Crippen LogP contribution < -0.4 is 10.1 Å². The molecule has 0 radical (unpaired) electrons. The third-order valence-corrected chi connectivity index (χ3v) is 5.82. The first-order valence-electron chi connectivity index (χ1n) is 10.6. The van der Waals surface area contributed by atoms with Gasteiger partial charge in [0.1, 0.15) is 18.1 Å². The van der Waals surface area contributed by atoms with Gasteiger partial charge in [0, 0.05) is 31.4 Å². The largest absolute Gasteiger partial charge is 0.489 e. The van der Waals surface area contributed by atoms with Crippen LogP contribution in [0, 0.1) is 13.8 Å². The minimum atomic E-state index is -0.285. The first-order chi connectivity index (χ1) is 15.6. The molecule has 1 fully saturated rings. The van der Waals surface area contributed by atoms with Gasteiger partial charge in [-0.3, -0.25) is 9.69 Å². The summed E-state index contributed by atoms with van der Waals surface area (Å²) in [4.78, 5) is 19.6. The number of hydrogen-bond acceptors (Lipinski definition) is 9. The molecule has 0 aromatic carbocycles. The number of nitrogens with one attached hydrogen (secondary N) is 1. The number of carbonyl (C=O) groups is 1. The maximum absolute atomic E-state index is 13.1. The van der Waals surface area contributed by atoms with Crippen LogP contribution in [0.4, 0.5) is 0 Å². The van der Waals surface area contributed by atoms with Gasteiger partial charge in [0.2, 0.25) is 0 Å². The summed E-state index contributed by atoms with van der Waals surface area (Å²) in [5.41, 5.74) is 2.92. The van der Waals surface area contributed by atoms with E-state index in [1.165, 1.54) is 0 Å². The topological polar surface area (TPSA) is 120 Å². The van der Waals surface area contributed by atoms with Gasteiger partial charge < -0.3 is 19.3 Å². The Kier molecular flexibility index (Phi) is 5.58. The number of fused-ring (bicyclic) bond motifs is 4. The van der Waals surface area contributed by atoms with Crippen molar-refractivity contribution >= 4 is 5.91 Å². The van der Waals surface area contributed by atoms with Crippen molar-refractivity contribution < 1.29 is 18.8 Å². The van der Waals surface area contributed by atoms with Crippen molar-refractivity contribution in [2.24, 2.45) is 0 Å². The van der Waals surface area contributed by atoms with Gasteiger partial charge >= 0.3 is 0 Å². The number of amides is 1. The molecule has 0 saturated carbocycles. The highest BCUT2D eigenvalue weighted by atomic mass is 16.5. The second-order valence-corrected chi connectivity index (χ2v) is 8.10. The highest BCUT2D eigenvalue weighted by Crippen LogP contribution is 2.23. The molecule has 1 saturated heterocycles. The van der Waals surface area contributed by atoms with Crippen LogP contribution in [-0.4, -0.2) is 67.8 Å². The van der Waals surface area contributed by atoms with Crippen LogP contribution in [0.3, 0.4) is 0 Å². The zero-order valence-electron chi connectivity index (χ0n) is 18.0. The smallest absolute Gasteiger partial charge is 0.274 e. The zero-order valence-corrected chi connectivity index (χ0v) is 18.0. The Bertz CT molecular complexity index is 1090. The van der Waals surface area contributed by atoms with E-state index < -0.39 is 0 Å². The van der Waals surface area contributed by atoms with E-state index in [-0.39, 0.29) is 23.7 Å². The summed E-state index contributed by atoms with van der Waals surface area (Å²) in [6.45, 7) is 6.93. The highest BCUT2D eigenvalue weighted by Gasteiger charge is 2.36. The SMILES string of the molecule is Cc1noc(C)c1CN1C[C@@H]2NC(=O)c3ncccc3OCCn3cc(nn3)CO[C@H]2C1. The molecule has 0 aliphatic carbocycles. The van der Waals surface area contributed by atoms with Gasteiger partial charge in [-0.05, 0) is 26.0 Å². The monoisotopic (exact) mass is 439 g/mol. The second kappa shape index (κ2) is 8.67. The van der Waals surface area contributed by atoms with Crippen molar-refractivity contribution in [1.29, 1.82) is 0 Å². The van der Waals surface area contributed by atoms with Crippen LogP contribution in [0.25, 0.3) is 0 Å². The van der Waals surface area contributed by atoms with E-state index >= 15 is 0 Å². The lowest BCUT2D eigenvalue weighted by Gasteiger charge is -2.20. The van der Waals surface area contributed by atoms with E-state index in [4.69, 9.17) is 14.0 Å². The van der Waals surface area contributed by atoms with E-state index in [0.29, 0.717) is 45.1 Å². The van der Waals surface area contributed by atoms with Gasteiger partial charge in [0.25, 0.3) is 5.91 Å². The lowest BCUT2D eigenvalue weighted by atomic mass is 10.2. The van der Waals surface area contributed by atoms with Crippen LogP contribution in [0.2, 0.25) is 0 Å². The Balaban J connectivity index is 1.40. The minimum Gasteiger partial charge on any atom is -0.489 e. The molecule has 1 amide bonds. The maximum Gasteiger partial charge on any atom is 0.274 e. The Hall–Kier alpha value is -3.31. The summed E-state index contributed by atoms with van der Waals surface area (Å²) in [5.74, 6) is 0.954. The Morgan fingerprint density at radius 1 is 1.28 bits per heavy atom. The molecule has 1 N–H and O–H groups in total. The van der Waals surface area contributed by atoms with E-state index in [2.05, 4.69) is 30.7 Å². The predicted molar refractivity (Wildman–Crippen MR) is 111 cm³/mol. The van der Waals surface area contributed by atoms with Crippen LogP contribution in [0.1, 0.15) is 33.2 Å². The third-order valence-electron chi connectivity index (χ3n) is 5.82. The lowest BCUT2D eigenvalue weighted by Crippen LogP contribution is -2.44. The summed E-state index contributed by atoms with van der Waals surface area (Å²) < 4.78 is 19.0. The standard InChI is InChI=1S/C21H25N7O4/c1-13-16(14(2)32-25-13)9-27-10-17-19(11-27)31-12-15-8-28(26-24-15)6-7-30-18-4-3-5-22-20(18)21(29)23-17/h3-5,8,17,19H,6-7,9-12H2,1-2H3,(H,23,29)/t17-,19-/m0/s1. The summed E-state index contributed by atoms with van der Waals surface area (Å²) >= 11 is 0. The molecular formula is C21H25N7O4. The van der Waals surface area contributed by atoms with Gasteiger partial charge in [-0.2, -0.15) is 0 Å². The number of hydrogen-bond donors (Lipinski definition) is 1. The minimum absolute atomic E-state index is 0.222. The number of likely N-dealkylation sites (tertiary alicyclic amines) is 1. The van der Waals surface area contributed by atoms with Crippen LogP contribution >= 0.6 is 0 Å². The van der Waals surface area contributed by atoms with E-state index in [1.54, 1.807) is 23.0 Å². The number of pyridine rings is 1. The molecule has 11 heteroatoms. The van der Waals surface area contributed by atoms with E-state index in [0.717, 1.165) is 22.7 Å². The molecule has 3 aromatic rings. The molecule has 0 spiro atoms. The maximum atomic E-state index is 13.1. The number of rotatable bonds is 2. The molecule has 2 aliphatic heterocycles. The van der Waals surface area contributed by atoms with Gasteiger partial charge in [-0.25, -0.2) is 9.67 Å². The zero-order chi connectivity index (χ0) is 22.1. The average molecular weight is 439 g/mol. The van der Waals surface area contributed by atoms with Gasteiger partial charge in [-0.1, -0.05) is 10.4 Å². The average Bonchev–Trinajstić information content (AvgIpc) is 3.48. The Morgan fingerprint density at radius 3 is 3.03 bits per heavy atom. The number of nitrogens with zero attached hydrogens (tertiary/aromatic N) is 6. The summed E-state index contributed by atoms with van der Waals surface area (Å²) in [5, 5.41) is 15.5. The molecule has 168 valence electrons. The van der Waals surface area contributed by atoms with Crippen molar-refractivity contribution in [3.63, 3.8) is 0 Å². The molecular weight excluding hydrogens is 414 g/mol. The lowest BCUT2D eigenvalue weighted by molar-refractivity contribution is 0.0292. The fourth-order valence-corrected chi connectivity index (χ4v) is 4.11. The van der Waals surface area contributed by atoms with E-state index in [9.17, 15) is 4.79 Å². The molecule has 0 unspecified atom stereocenters. The number of aromatic nitrogens is 5. The summed E-state index contributed by atoms with van der Waals surface area (Å²) in [6, 6.07) is 3.26. The fraction of sp³-hybridized carbons (Fsp3) is 0.476. The van der Waals surface area contributed by atoms with Crippen molar-refractivity contribution in [1.82, 2.24) is 35.4 Å². The number of aryl methyl sites for hydroxylation is 2. The fourth-order valence-electron chi connectivity index (χ4n) is 4.11. The summed E-state index contributed by atoms with van der Waals surface area (Å²) in [7, 11) is 0. The second-order valence-electron chi connectivity index (χ2n) is 8.10. The first-order valence-corrected chi connectivity index (χ1v) is 10.6. The molecule has 5 heterocycles. The van der Waals surface area contributed by atoms with Crippen LogP contribution in [0.5, 0.6) is 5.75 Å². The van der Waals surface area contributed by atoms with Crippen LogP contribution in [0.15, 0.2) is 29.0 Å². The highest BCUT2D eigenvalue weighted by molar-refractivity contribution is 5.95. The number of ether oxygens (including phenoxy) is 2. The quantitative estimate of drug-likeness (QED) is 0.620.